The molecule has 190 valence electrons. The zero-order chi connectivity index (χ0) is 26.9. The van der Waals surface area contributed by atoms with Crippen LogP contribution in [0.2, 0.25) is 0 Å². The average Bonchev–Trinajstić information content (AvgIpc) is 3.30. The Labute approximate surface area is 227 Å². The minimum atomic E-state index is 0.752. The number of hydrogen-bond acceptors (Lipinski definition) is 1. The second-order valence-electron chi connectivity index (χ2n) is 9.18. The molecule has 2 nitrogen and oxygen atoms in total. The Morgan fingerprint density at radius 2 is 1.42 bits per heavy atom. The van der Waals surface area contributed by atoms with Gasteiger partial charge in [-0.25, -0.2) is 0 Å². The lowest BCUT2D eigenvalue weighted by atomic mass is 10.0. The highest BCUT2D eigenvalue weighted by molar-refractivity contribution is 6.11. The average molecular weight is 497 g/mol. The van der Waals surface area contributed by atoms with Crippen molar-refractivity contribution in [2.45, 2.75) is 19.8 Å². The zero-order valence-electron chi connectivity index (χ0n) is 22.5. The Bertz CT molecular complexity index is 1580. The summed E-state index contributed by atoms with van der Waals surface area (Å²) in [5.41, 5.74) is 8.14. The molecule has 0 aliphatic heterocycles. The maximum absolute atomic E-state index is 4.31. The van der Waals surface area contributed by atoms with Gasteiger partial charge in [-0.3, -0.25) is 0 Å². The largest absolute Gasteiger partial charge is 0.345 e. The summed E-state index contributed by atoms with van der Waals surface area (Å²) < 4.78 is 2.26. The predicted molar refractivity (Wildman–Crippen MR) is 169 cm³/mol. The topological polar surface area (TPSA) is 8.17 Å². The molecule has 0 bridgehead atoms. The molecule has 2 heteroatoms. The number of nitrogens with zero attached hydrogens (tertiary/aromatic N) is 2. The van der Waals surface area contributed by atoms with Crippen LogP contribution in [0, 0.1) is 0 Å². The quantitative estimate of drug-likeness (QED) is 0.194. The summed E-state index contributed by atoms with van der Waals surface area (Å²) in [4.78, 5) is 2.25. The number of allylic oxidation sites excluding steroid dienone is 5. The lowest BCUT2D eigenvalue weighted by Crippen LogP contribution is -2.09. The van der Waals surface area contributed by atoms with Crippen molar-refractivity contribution in [1.82, 2.24) is 4.57 Å². The number of anilines is 2. The van der Waals surface area contributed by atoms with Gasteiger partial charge < -0.3 is 9.47 Å². The van der Waals surface area contributed by atoms with E-state index in [1.807, 2.05) is 25.2 Å². The van der Waals surface area contributed by atoms with Crippen LogP contribution in [-0.2, 0) is 0 Å². The maximum Gasteiger partial charge on any atom is 0.0539 e. The molecule has 5 rings (SSSR count). The summed E-state index contributed by atoms with van der Waals surface area (Å²) in [7, 11) is 2.13. The number of aromatic nitrogens is 1. The number of benzene rings is 4. The summed E-state index contributed by atoms with van der Waals surface area (Å²) in [6.07, 6.45) is 9.61. The highest BCUT2D eigenvalue weighted by atomic mass is 15.1. The number of rotatable bonds is 8. The molecule has 0 atom stereocenters. The minimum absolute atomic E-state index is 0.752. The standard InChI is InChI=1S/C30H26N2.C6H10/c1-4-11-22(2)32-29-17-9-8-16-27(29)28-21-26(18-19-30(28)32)31(3)25-15-10-14-24(20-25)23-12-6-5-7-13-23;1-3-5-6-4-2/h4-10,12-21H,1-2,11H2,3H3;3-4,6H,1,5H2,2H3/b;6-4-. The molecule has 1 heterocycles. The Kier molecular flexibility index (Phi) is 8.79. The first-order chi connectivity index (χ1) is 18.6. The molecule has 0 saturated carbocycles. The van der Waals surface area contributed by atoms with Crippen LogP contribution >= 0.6 is 0 Å². The molecule has 0 aliphatic carbocycles. The fourth-order valence-corrected chi connectivity index (χ4v) is 4.67. The number of hydrogen-bond donors (Lipinski definition) is 0. The van der Waals surface area contributed by atoms with E-state index in [1.165, 1.54) is 32.9 Å². The van der Waals surface area contributed by atoms with Crippen molar-refractivity contribution in [2.75, 3.05) is 11.9 Å². The second-order valence-corrected chi connectivity index (χ2v) is 9.18. The van der Waals surface area contributed by atoms with Crippen molar-refractivity contribution in [3.8, 4) is 11.1 Å². The SMILES string of the molecule is C=CC/C=C\C.C=CCC(=C)n1c2ccccc2c2cc(N(C)c3cccc(-c4ccccc4)c3)ccc21. The third kappa shape index (κ3) is 5.71. The molecule has 0 N–H and O–H groups in total. The van der Waals surface area contributed by atoms with Crippen molar-refractivity contribution in [2.24, 2.45) is 0 Å². The van der Waals surface area contributed by atoms with E-state index >= 15 is 0 Å². The Hall–Kier alpha value is -4.56. The fourth-order valence-electron chi connectivity index (χ4n) is 4.67. The summed E-state index contributed by atoms with van der Waals surface area (Å²) in [6.45, 7) is 13.8. The van der Waals surface area contributed by atoms with Crippen LogP contribution in [0.4, 0.5) is 11.4 Å². The van der Waals surface area contributed by atoms with E-state index in [0.717, 1.165) is 29.9 Å². The van der Waals surface area contributed by atoms with Crippen molar-refractivity contribution >= 4 is 38.9 Å². The first-order valence-corrected chi connectivity index (χ1v) is 13.0. The summed E-state index contributed by atoms with van der Waals surface area (Å²) >= 11 is 0. The van der Waals surface area contributed by atoms with Gasteiger partial charge in [0.2, 0.25) is 0 Å². The monoisotopic (exact) mass is 496 g/mol. The van der Waals surface area contributed by atoms with E-state index < -0.39 is 0 Å². The van der Waals surface area contributed by atoms with Crippen LogP contribution < -0.4 is 4.90 Å². The van der Waals surface area contributed by atoms with Gasteiger partial charge in [0.1, 0.15) is 0 Å². The van der Waals surface area contributed by atoms with Crippen LogP contribution in [0.25, 0.3) is 38.6 Å². The normalized spacial score (nSPS) is 10.8. The van der Waals surface area contributed by atoms with Crippen molar-refractivity contribution in [3.63, 3.8) is 0 Å². The first kappa shape index (κ1) is 26.5. The predicted octanol–water partition coefficient (Wildman–Crippen LogP) is 10.4. The van der Waals surface area contributed by atoms with Crippen LogP contribution in [0.5, 0.6) is 0 Å². The third-order valence-electron chi connectivity index (χ3n) is 6.62. The van der Waals surface area contributed by atoms with Gasteiger partial charge in [0.25, 0.3) is 0 Å². The van der Waals surface area contributed by atoms with Crippen LogP contribution in [0.3, 0.4) is 0 Å². The molecule has 0 aliphatic rings. The van der Waals surface area contributed by atoms with Gasteiger partial charge in [-0.15, -0.1) is 13.2 Å². The first-order valence-electron chi connectivity index (χ1n) is 13.0. The molecular weight excluding hydrogens is 460 g/mol. The van der Waals surface area contributed by atoms with Gasteiger partial charge in [-0.1, -0.05) is 91.5 Å². The molecule has 0 fully saturated rings. The van der Waals surface area contributed by atoms with E-state index in [2.05, 4.69) is 139 Å². The van der Waals surface area contributed by atoms with E-state index in [1.54, 1.807) is 0 Å². The highest BCUT2D eigenvalue weighted by Gasteiger charge is 2.14. The highest BCUT2D eigenvalue weighted by Crippen LogP contribution is 2.36. The number of fused-ring (bicyclic) bond motifs is 3. The lowest BCUT2D eigenvalue weighted by molar-refractivity contribution is 1.15. The van der Waals surface area contributed by atoms with Crippen molar-refractivity contribution in [1.29, 1.82) is 0 Å². The fraction of sp³-hybridized carbons (Fsp3) is 0.111. The van der Waals surface area contributed by atoms with Gasteiger partial charge in [-0.2, -0.15) is 0 Å². The lowest BCUT2D eigenvalue weighted by Gasteiger charge is -2.21. The summed E-state index contributed by atoms with van der Waals surface area (Å²) in [5.74, 6) is 0. The van der Waals surface area contributed by atoms with Crippen LogP contribution in [0.15, 0.2) is 141 Å². The molecule has 0 amide bonds. The second kappa shape index (κ2) is 12.6. The van der Waals surface area contributed by atoms with Gasteiger partial charge in [0.05, 0.1) is 11.0 Å². The van der Waals surface area contributed by atoms with Gasteiger partial charge in [-0.05, 0) is 60.9 Å². The molecule has 4 aromatic carbocycles. The van der Waals surface area contributed by atoms with Gasteiger partial charge >= 0.3 is 0 Å². The van der Waals surface area contributed by atoms with Gasteiger partial charge in [0.15, 0.2) is 0 Å². The zero-order valence-corrected chi connectivity index (χ0v) is 22.5. The van der Waals surface area contributed by atoms with Crippen LogP contribution in [-0.4, -0.2) is 11.6 Å². The Balaban J connectivity index is 0.000000505. The summed E-state index contributed by atoms with van der Waals surface area (Å²) in [5, 5.41) is 2.47. The van der Waals surface area contributed by atoms with Crippen molar-refractivity contribution in [3.05, 3.63) is 141 Å². The molecule has 0 radical (unpaired) electrons. The molecule has 38 heavy (non-hydrogen) atoms. The molecule has 5 aromatic rings. The third-order valence-corrected chi connectivity index (χ3v) is 6.62. The van der Waals surface area contributed by atoms with Crippen molar-refractivity contribution < 1.29 is 0 Å². The molecule has 0 unspecified atom stereocenters. The Morgan fingerprint density at radius 3 is 2.13 bits per heavy atom. The molecule has 1 aromatic heterocycles. The van der Waals surface area contributed by atoms with E-state index in [0.29, 0.717) is 0 Å². The molecular formula is C36H36N2. The maximum atomic E-state index is 4.31. The van der Waals surface area contributed by atoms with E-state index in [4.69, 9.17) is 0 Å². The van der Waals surface area contributed by atoms with E-state index in [-0.39, 0.29) is 0 Å². The smallest absolute Gasteiger partial charge is 0.0539 e. The number of para-hydroxylation sites is 1. The Morgan fingerprint density at radius 1 is 0.737 bits per heavy atom. The van der Waals surface area contributed by atoms with Gasteiger partial charge in [0, 0.05) is 41.3 Å². The van der Waals surface area contributed by atoms with E-state index in [9.17, 15) is 0 Å². The summed E-state index contributed by atoms with van der Waals surface area (Å²) in [6, 6.07) is 34.4. The molecule has 0 saturated heterocycles. The van der Waals surface area contributed by atoms with Crippen LogP contribution in [0.1, 0.15) is 19.8 Å². The minimum Gasteiger partial charge on any atom is -0.345 e. The molecule has 0 spiro atoms.